The van der Waals surface area contributed by atoms with Crippen LogP contribution in [0.3, 0.4) is 0 Å². The van der Waals surface area contributed by atoms with Crippen molar-refractivity contribution >= 4 is 5.78 Å². The van der Waals surface area contributed by atoms with E-state index in [1.807, 2.05) is 0 Å². The fourth-order valence-electron chi connectivity index (χ4n) is 0. The third kappa shape index (κ3) is 408. The minimum absolute atomic E-state index is 0. The van der Waals surface area contributed by atoms with Gasteiger partial charge < -0.3 is 4.79 Å². The Labute approximate surface area is 87.1 Å². The summed E-state index contributed by atoms with van der Waals surface area (Å²) in [5.41, 5.74) is 0. The van der Waals surface area contributed by atoms with Crippen molar-refractivity contribution in [2.75, 3.05) is 0 Å². The quantitative estimate of drug-likeness (QED) is 0.321. The summed E-state index contributed by atoms with van der Waals surface area (Å²) >= 11 is -5.94. The Kier molecular flexibility index (Phi) is 14.5. The molecule has 0 rings (SSSR count). The van der Waals surface area contributed by atoms with Crippen LogP contribution in [0.1, 0.15) is 13.8 Å². The van der Waals surface area contributed by atoms with Crippen molar-refractivity contribution in [1.29, 1.82) is 0 Å². The van der Waals surface area contributed by atoms with E-state index in [9.17, 15) is 4.79 Å². The Bertz CT molecular complexity index is 79.4. The van der Waals surface area contributed by atoms with Crippen LogP contribution in [0.15, 0.2) is 0 Å². The molecule has 0 saturated heterocycles. The van der Waals surface area contributed by atoms with Gasteiger partial charge in [-0.3, -0.25) is 13.7 Å². The normalized spacial score (nSPS) is 8.60. The number of carbonyl (C=O) groups excluding carboxylic acids is 1. The van der Waals surface area contributed by atoms with E-state index in [2.05, 4.69) is 0 Å². The van der Waals surface area contributed by atoms with Gasteiger partial charge in [0.15, 0.2) is 0 Å². The van der Waals surface area contributed by atoms with Gasteiger partial charge in [-0.15, -0.1) is 0 Å². The van der Waals surface area contributed by atoms with Crippen LogP contribution in [0.25, 0.3) is 0 Å². The average Bonchev–Trinajstić information content (AvgIpc) is 1.19. The number of carbonyl (C=O) groups is 1. The van der Waals surface area contributed by atoms with E-state index < -0.39 is 20.1 Å². The second-order valence-corrected chi connectivity index (χ2v) is 3.44. The zero-order valence-corrected chi connectivity index (χ0v) is 10.1. The summed E-state index contributed by atoms with van der Waals surface area (Å²) in [5.74, 6) is 0.167. The van der Waals surface area contributed by atoms with Crippen LogP contribution in [0.4, 0.5) is 0 Å². The molecule has 0 atom stereocenters. The first-order valence-corrected chi connectivity index (χ1v) is 5.34. The molecule has 0 aliphatic rings. The van der Waals surface area contributed by atoms with E-state index in [1.165, 1.54) is 13.8 Å². The van der Waals surface area contributed by atoms with Gasteiger partial charge in [-0.2, -0.15) is 0 Å². The molecule has 7 heteroatoms. The molecule has 0 aliphatic heterocycles. The summed E-state index contributed by atoms with van der Waals surface area (Å²) in [6.07, 6.45) is 0. The van der Waals surface area contributed by atoms with E-state index in [-0.39, 0.29) is 35.3 Å². The summed E-state index contributed by atoms with van der Waals surface area (Å²) in [6, 6.07) is 0. The van der Waals surface area contributed by atoms with Gasteiger partial charge >= 0.3 is 29.6 Å². The van der Waals surface area contributed by atoms with Crippen molar-refractivity contribution in [2.45, 2.75) is 13.8 Å². The molecule has 0 unspecified atom stereocenters. The van der Waals surface area contributed by atoms with E-state index in [0.717, 1.165) is 0 Å². The average molecular weight is 272 g/mol. The van der Waals surface area contributed by atoms with Crippen molar-refractivity contribution in [3.05, 3.63) is 0 Å². The van der Waals surface area contributed by atoms with Gasteiger partial charge in [0.1, 0.15) is 25.9 Å². The number of Topliss-reactive ketones (excluding diaryl/α,β-unsaturated/α-hetero) is 1. The van der Waals surface area contributed by atoms with E-state index in [1.54, 1.807) is 0 Å². The van der Waals surface area contributed by atoms with Crippen molar-refractivity contribution < 1.29 is 68.2 Å². The Morgan fingerprint density at radius 1 is 1.10 bits per heavy atom. The number of hydrogen-bond acceptors (Lipinski definition) is 5. The van der Waals surface area contributed by atoms with E-state index in [0.29, 0.717) is 0 Å². The maximum atomic E-state index is 9.44. The minimum atomic E-state index is -5.94. The minimum Gasteiger partial charge on any atom is -0.300 e. The summed E-state index contributed by atoms with van der Waals surface area (Å²) in [4.78, 5) is 9.44. The maximum Gasteiger partial charge on any atom is 1.00 e. The van der Waals surface area contributed by atoms with Crippen molar-refractivity contribution in [1.82, 2.24) is 0 Å². The standard InChI is InChI=1S/C3H6O.IO4.Na/c1-3(2)4;2-1(3,4)5;/h1-2H3;;/q;-1;+1. The number of ketones is 1. The first-order chi connectivity index (χ1) is 3.73. The third-order valence-electron chi connectivity index (χ3n) is 0. The zero-order chi connectivity index (χ0) is 8.08. The second kappa shape index (κ2) is 8.34. The zero-order valence-electron chi connectivity index (χ0n) is 5.92. The predicted octanol–water partition coefficient (Wildman–Crippen LogP) is -10.2. The molecule has 0 aromatic rings. The number of hydrogen-bond donors (Lipinski definition) is 0. The monoisotopic (exact) mass is 272 g/mol. The van der Waals surface area contributed by atoms with Crippen LogP contribution in [0.2, 0.25) is 0 Å². The molecule has 0 spiro atoms. The molecule has 0 radical (unpaired) electrons. The molecule has 0 heterocycles. The van der Waals surface area contributed by atoms with Crippen molar-refractivity contribution in [2.24, 2.45) is 0 Å². The van der Waals surface area contributed by atoms with Gasteiger partial charge in [0.05, 0.1) is 0 Å². The van der Waals surface area contributed by atoms with Gasteiger partial charge in [-0.1, -0.05) is 0 Å². The third-order valence-corrected chi connectivity index (χ3v) is 0. The molecule has 56 valence electrons. The van der Waals surface area contributed by atoms with E-state index in [4.69, 9.17) is 13.7 Å². The molecule has 10 heavy (non-hydrogen) atoms. The van der Waals surface area contributed by atoms with E-state index >= 15 is 0 Å². The number of rotatable bonds is 0. The van der Waals surface area contributed by atoms with Crippen LogP contribution in [-0.4, -0.2) is 5.78 Å². The molecule has 5 nitrogen and oxygen atoms in total. The first kappa shape index (κ1) is 17.4. The topological polar surface area (TPSA) is 109 Å². The molecule has 0 aliphatic carbocycles. The van der Waals surface area contributed by atoms with Crippen molar-refractivity contribution in [3.63, 3.8) is 0 Å². The largest absolute Gasteiger partial charge is 1.00 e. The fraction of sp³-hybridized carbons (Fsp3) is 0.667. The summed E-state index contributed by atoms with van der Waals surface area (Å²) in [6.45, 7) is 3.06. The molecule has 0 N–H and O–H groups in total. The van der Waals surface area contributed by atoms with Crippen molar-refractivity contribution in [3.8, 4) is 0 Å². The maximum absolute atomic E-state index is 9.44. The number of halogens is 1. The first-order valence-electron chi connectivity index (χ1n) is 1.82. The summed E-state index contributed by atoms with van der Waals surface area (Å²) in [7, 11) is 0. The summed E-state index contributed by atoms with van der Waals surface area (Å²) in [5, 5.41) is 0. The van der Waals surface area contributed by atoms with Crippen LogP contribution >= 0.6 is 0 Å². The fourth-order valence-corrected chi connectivity index (χ4v) is 0. The Hall–Kier alpha value is 1.24. The Balaban J connectivity index is -0.0000000910. The Morgan fingerprint density at radius 2 is 1.10 bits per heavy atom. The molecule has 0 aromatic carbocycles. The molecule has 0 amide bonds. The molecule has 0 bridgehead atoms. The predicted molar refractivity (Wildman–Crippen MR) is 16.4 cm³/mol. The smallest absolute Gasteiger partial charge is 0.300 e. The van der Waals surface area contributed by atoms with Gasteiger partial charge in [0.2, 0.25) is 0 Å². The van der Waals surface area contributed by atoms with Crippen LogP contribution in [0, 0.1) is 0 Å². The van der Waals surface area contributed by atoms with Gasteiger partial charge in [0, 0.05) is 0 Å². The molecular weight excluding hydrogens is 266 g/mol. The second-order valence-electron chi connectivity index (χ2n) is 1.29. The van der Waals surface area contributed by atoms with Crippen LogP contribution < -0.4 is 63.4 Å². The van der Waals surface area contributed by atoms with Crippen LogP contribution in [0.5, 0.6) is 0 Å². The molecular formula is C3H6INaO5. The Morgan fingerprint density at radius 3 is 1.10 bits per heavy atom. The molecule has 0 fully saturated rings. The van der Waals surface area contributed by atoms with Gasteiger partial charge in [0.25, 0.3) is 0 Å². The molecule has 0 aromatic heterocycles. The SMILES string of the molecule is CC(C)=O.[Na+].[O-][I+3]([O-])([O-])[O-]. The van der Waals surface area contributed by atoms with Crippen LogP contribution in [-0.2, 0) is 4.79 Å². The molecule has 0 saturated carbocycles. The summed E-state index contributed by atoms with van der Waals surface area (Å²) < 4.78 is 34.5. The van der Waals surface area contributed by atoms with Gasteiger partial charge in [-0.25, -0.2) is 0 Å². The van der Waals surface area contributed by atoms with Gasteiger partial charge in [-0.05, 0) is 13.8 Å².